The lowest BCUT2D eigenvalue weighted by Gasteiger charge is -2.26. The summed E-state index contributed by atoms with van der Waals surface area (Å²) in [5.74, 6) is -0.504. The maximum atomic E-state index is 12.9. The van der Waals surface area contributed by atoms with Crippen molar-refractivity contribution in [2.75, 3.05) is 42.7 Å². The van der Waals surface area contributed by atoms with Crippen LogP contribution in [-0.4, -0.2) is 58.7 Å². The van der Waals surface area contributed by atoms with Crippen molar-refractivity contribution >= 4 is 34.6 Å². The van der Waals surface area contributed by atoms with Gasteiger partial charge in [-0.05, 0) is 48.7 Å². The number of nitrogens with one attached hydrogen (secondary N) is 3. The number of hydrogen-bond acceptors (Lipinski definition) is 8. The van der Waals surface area contributed by atoms with E-state index in [1.54, 1.807) is 42.9 Å². The fraction of sp³-hybridized carbons (Fsp3) is 0.296. The van der Waals surface area contributed by atoms with Gasteiger partial charge in [0.05, 0.1) is 42.7 Å². The first kappa shape index (κ1) is 24.5. The second kappa shape index (κ2) is 10.9. The number of carbonyl (C=O) groups is 2. The maximum absolute atomic E-state index is 12.9. The third kappa shape index (κ3) is 6.16. The van der Waals surface area contributed by atoms with Crippen molar-refractivity contribution in [2.45, 2.75) is 19.4 Å². The van der Waals surface area contributed by atoms with Gasteiger partial charge in [-0.15, -0.1) is 0 Å². The topological polar surface area (TPSA) is 146 Å². The summed E-state index contributed by atoms with van der Waals surface area (Å²) in [6.07, 6.45) is 6.68. The number of nitrogens with zero attached hydrogens (tertiary/aromatic N) is 3. The fourth-order valence-corrected chi connectivity index (χ4v) is 4.10. The van der Waals surface area contributed by atoms with E-state index in [1.165, 1.54) is 0 Å². The van der Waals surface area contributed by atoms with Crippen molar-refractivity contribution in [1.29, 1.82) is 5.41 Å². The molecule has 1 aromatic carbocycles. The SMILES string of the molecule is N=C(C(=O)Nc1ccc(CN2CCOCC2)nc1)c1cc(-c2cncc(NC(=O)C3CC3)c2)ccc1N. The van der Waals surface area contributed by atoms with Gasteiger partial charge in [0, 0.05) is 48.6 Å². The summed E-state index contributed by atoms with van der Waals surface area (Å²) in [6, 6.07) is 10.6. The number of aromatic nitrogens is 2. The zero-order chi connectivity index (χ0) is 25.8. The van der Waals surface area contributed by atoms with Crippen molar-refractivity contribution in [2.24, 2.45) is 5.92 Å². The van der Waals surface area contributed by atoms with Crippen LogP contribution in [0.15, 0.2) is 55.0 Å². The summed E-state index contributed by atoms with van der Waals surface area (Å²) in [4.78, 5) is 35.9. The largest absolute Gasteiger partial charge is 0.398 e. The number of pyridine rings is 2. The van der Waals surface area contributed by atoms with Gasteiger partial charge >= 0.3 is 0 Å². The molecule has 10 nitrogen and oxygen atoms in total. The summed E-state index contributed by atoms with van der Waals surface area (Å²) < 4.78 is 5.37. The Morgan fingerprint density at radius 1 is 1.00 bits per heavy atom. The highest BCUT2D eigenvalue weighted by Gasteiger charge is 2.29. The molecule has 5 rings (SSSR count). The summed E-state index contributed by atoms with van der Waals surface area (Å²) >= 11 is 0. The molecule has 3 heterocycles. The molecule has 0 spiro atoms. The highest BCUT2D eigenvalue weighted by Crippen LogP contribution is 2.31. The number of amides is 2. The summed E-state index contributed by atoms with van der Waals surface area (Å²) in [6.45, 7) is 3.90. The van der Waals surface area contributed by atoms with Crippen LogP contribution in [0.4, 0.5) is 17.1 Å². The van der Waals surface area contributed by atoms with Gasteiger partial charge in [-0.1, -0.05) is 6.07 Å². The average molecular weight is 500 g/mol. The van der Waals surface area contributed by atoms with E-state index in [1.807, 2.05) is 12.1 Å². The number of ether oxygens (including phenoxy) is 1. The molecule has 2 fully saturated rings. The molecule has 37 heavy (non-hydrogen) atoms. The highest BCUT2D eigenvalue weighted by molar-refractivity contribution is 6.48. The molecule has 1 saturated heterocycles. The second-order valence-corrected chi connectivity index (χ2v) is 9.28. The molecule has 3 aromatic rings. The normalized spacial score (nSPS) is 15.7. The Balaban J connectivity index is 1.25. The van der Waals surface area contributed by atoms with Gasteiger partial charge in [-0.2, -0.15) is 0 Å². The minimum atomic E-state index is -0.588. The molecule has 0 radical (unpaired) electrons. The van der Waals surface area contributed by atoms with Crippen LogP contribution in [0.25, 0.3) is 11.1 Å². The molecule has 2 aliphatic rings. The molecule has 2 amide bonds. The maximum Gasteiger partial charge on any atom is 0.274 e. The Hall–Kier alpha value is -4.15. The molecule has 0 unspecified atom stereocenters. The van der Waals surface area contributed by atoms with E-state index in [-0.39, 0.29) is 17.5 Å². The molecular weight excluding hydrogens is 470 g/mol. The van der Waals surface area contributed by atoms with E-state index in [0.29, 0.717) is 22.6 Å². The average Bonchev–Trinajstić information content (AvgIpc) is 3.76. The Morgan fingerprint density at radius 3 is 2.54 bits per heavy atom. The number of nitrogen functional groups attached to an aromatic ring is 1. The van der Waals surface area contributed by atoms with E-state index < -0.39 is 5.91 Å². The lowest BCUT2D eigenvalue weighted by molar-refractivity contribution is -0.117. The number of benzene rings is 1. The lowest BCUT2D eigenvalue weighted by atomic mass is 10.00. The number of hydrogen-bond donors (Lipinski definition) is 4. The minimum Gasteiger partial charge on any atom is -0.398 e. The Kier molecular flexibility index (Phi) is 7.20. The van der Waals surface area contributed by atoms with Crippen molar-refractivity contribution in [3.63, 3.8) is 0 Å². The van der Waals surface area contributed by atoms with E-state index >= 15 is 0 Å². The van der Waals surface area contributed by atoms with Gasteiger partial charge < -0.3 is 21.1 Å². The first-order valence-electron chi connectivity index (χ1n) is 12.3. The first-order chi connectivity index (χ1) is 18.0. The van der Waals surface area contributed by atoms with Crippen LogP contribution in [0.3, 0.4) is 0 Å². The molecule has 190 valence electrons. The molecule has 0 atom stereocenters. The predicted octanol–water partition coefficient (Wildman–Crippen LogP) is 2.91. The Labute approximate surface area is 214 Å². The zero-order valence-electron chi connectivity index (χ0n) is 20.4. The van der Waals surface area contributed by atoms with Gasteiger partial charge in [0.1, 0.15) is 5.71 Å². The third-order valence-corrected chi connectivity index (χ3v) is 6.41. The molecule has 5 N–H and O–H groups in total. The van der Waals surface area contributed by atoms with E-state index in [9.17, 15) is 9.59 Å². The smallest absolute Gasteiger partial charge is 0.274 e. The molecule has 1 aliphatic carbocycles. The quantitative estimate of drug-likeness (QED) is 0.275. The van der Waals surface area contributed by atoms with Crippen LogP contribution < -0.4 is 16.4 Å². The highest BCUT2D eigenvalue weighted by atomic mass is 16.5. The summed E-state index contributed by atoms with van der Waals surface area (Å²) in [5.41, 5.74) is 9.95. The zero-order valence-corrected chi connectivity index (χ0v) is 20.4. The minimum absolute atomic E-state index is 0.000915. The number of nitrogens with two attached hydrogens (primary N) is 1. The van der Waals surface area contributed by atoms with Crippen molar-refractivity contribution in [3.8, 4) is 11.1 Å². The van der Waals surface area contributed by atoms with Crippen molar-refractivity contribution in [3.05, 3.63) is 66.2 Å². The lowest BCUT2D eigenvalue weighted by Crippen LogP contribution is -2.35. The molecule has 2 aromatic heterocycles. The van der Waals surface area contributed by atoms with E-state index in [4.69, 9.17) is 15.9 Å². The van der Waals surface area contributed by atoms with E-state index in [0.717, 1.165) is 62.5 Å². The third-order valence-electron chi connectivity index (χ3n) is 6.41. The standard InChI is InChI=1S/C27H29N7O3/c28-24-6-3-18(19-11-22(14-30-13-19)33-26(35)17-1-2-17)12-23(24)25(29)27(36)32-20-4-5-21(31-15-20)16-34-7-9-37-10-8-34/h3-6,11-15,17,29H,1-2,7-10,16,28H2,(H,32,36)(H,33,35). The van der Waals surface area contributed by atoms with Crippen molar-refractivity contribution < 1.29 is 14.3 Å². The van der Waals surface area contributed by atoms with Gasteiger partial charge in [0.25, 0.3) is 5.91 Å². The molecular formula is C27H29N7O3. The van der Waals surface area contributed by atoms with Crippen LogP contribution in [-0.2, 0) is 20.9 Å². The number of rotatable bonds is 8. The number of anilines is 3. The molecule has 10 heteroatoms. The van der Waals surface area contributed by atoms with Crippen LogP contribution >= 0.6 is 0 Å². The number of morpholine rings is 1. The number of carbonyl (C=O) groups excluding carboxylic acids is 2. The Bertz CT molecular complexity index is 1320. The van der Waals surface area contributed by atoms with Crippen LogP contribution in [0.5, 0.6) is 0 Å². The summed E-state index contributed by atoms with van der Waals surface area (Å²) in [7, 11) is 0. The fourth-order valence-electron chi connectivity index (χ4n) is 4.10. The molecule has 1 saturated carbocycles. The van der Waals surface area contributed by atoms with Crippen LogP contribution in [0.2, 0.25) is 0 Å². The van der Waals surface area contributed by atoms with Gasteiger partial charge in [-0.3, -0.25) is 29.9 Å². The van der Waals surface area contributed by atoms with Gasteiger partial charge in [-0.25, -0.2) is 0 Å². The monoisotopic (exact) mass is 499 g/mol. The predicted molar refractivity (Wildman–Crippen MR) is 141 cm³/mol. The molecule has 0 bridgehead atoms. The van der Waals surface area contributed by atoms with E-state index in [2.05, 4.69) is 25.5 Å². The summed E-state index contributed by atoms with van der Waals surface area (Å²) in [5, 5.41) is 14.1. The van der Waals surface area contributed by atoms with Gasteiger partial charge in [0.15, 0.2) is 0 Å². The Morgan fingerprint density at radius 2 is 1.81 bits per heavy atom. The van der Waals surface area contributed by atoms with Crippen LogP contribution in [0.1, 0.15) is 24.1 Å². The second-order valence-electron chi connectivity index (χ2n) is 9.28. The van der Waals surface area contributed by atoms with Crippen LogP contribution in [0, 0.1) is 11.3 Å². The van der Waals surface area contributed by atoms with Gasteiger partial charge in [0.2, 0.25) is 5.91 Å². The first-order valence-corrected chi connectivity index (χ1v) is 12.3. The molecule has 1 aliphatic heterocycles. The van der Waals surface area contributed by atoms with Crippen molar-refractivity contribution in [1.82, 2.24) is 14.9 Å².